The predicted molar refractivity (Wildman–Crippen MR) is 73.8 cm³/mol. The van der Waals surface area contributed by atoms with Gasteiger partial charge in [-0.3, -0.25) is 9.35 Å². The largest absolute Gasteiger partial charge is 0.296 e. The van der Waals surface area contributed by atoms with Crippen molar-refractivity contribution < 1.29 is 17.8 Å². The number of rotatable bonds is 2. The second-order valence-corrected chi connectivity index (χ2v) is 6.26. The molecule has 0 radical (unpaired) electrons. The number of hydrogen-bond donors (Lipinski definition) is 1. The first-order valence-corrected chi connectivity index (χ1v) is 7.14. The van der Waals surface area contributed by atoms with Crippen LogP contribution in [-0.4, -0.2) is 18.2 Å². The maximum atomic E-state index is 11.3. The highest BCUT2D eigenvalue weighted by Gasteiger charge is 2.25. The Labute approximate surface area is 119 Å². The highest BCUT2D eigenvalue weighted by molar-refractivity contribution is 7.86. The second kappa shape index (κ2) is 5.14. The van der Waals surface area contributed by atoms with Crippen molar-refractivity contribution >= 4 is 60.8 Å². The second-order valence-electron chi connectivity index (χ2n) is 3.51. The number of hydrogen-bond acceptors (Lipinski definition) is 4. The zero-order valence-electron chi connectivity index (χ0n) is 9.01. The zero-order chi connectivity index (χ0) is 12.8. The minimum Gasteiger partial charge on any atom is -0.282 e. The van der Waals surface area contributed by atoms with E-state index in [0.717, 1.165) is 16.9 Å². The van der Waals surface area contributed by atoms with E-state index in [-0.39, 0.29) is 17.3 Å². The van der Waals surface area contributed by atoms with Crippen molar-refractivity contribution in [1.29, 1.82) is 0 Å². The zero-order valence-corrected chi connectivity index (χ0v) is 12.2. The van der Waals surface area contributed by atoms with E-state index >= 15 is 0 Å². The van der Waals surface area contributed by atoms with Crippen LogP contribution < -0.4 is 0 Å². The Morgan fingerprint density at radius 3 is 2.50 bits per heavy atom. The van der Waals surface area contributed by atoms with E-state index in [4.69, 9.17) is 16.2 Å². The topological polar surface area (TPSA) is 71.4 Å². The number of thiophene rings is 1. The molecule has 1 heterocycles. The van der Waals surface area contributed by atoms with Gasteiger partial charge in [-0.05, 0) is 30.2 Å². The number of aryl methyl sites for hydroxylation is 1. The van der Waals surface area contributed by atoms with E-state index < -0.39 is 20.3 Å². The number of carbonyl (C=O) groups is 1. The summed E-state index contributed by atoms with van der Waals surface area (Å²) >= 11 is 6.27. The van der Waals surface area contributed by atoms with Crippen LogP contribution in [0.3, 0.4) is 0 Å². The first kappa shape index (κ1) is 15.4. The van der Waals surface area contributed by atoms with Crippen molar-refractivity contribution in [1.82, 2.24) is 0 Å². The van der Waals surface area contributed by atoms with Gasteiger partial charge in [0, 0.05) is 10.1 Å². The van der Waals surface area contributed by atoms with Crippen LogP contribution in [0.1, 0.15) is 15.2 Å². The highest BCUT2D eigenvalue weighted by Crippen LogP contribution is 2.36. The maximum Gasteiger partial charge on any atom is 0.296 e. The minimum absolute atomic E-state index is 0. The van der Waals surface area contributed by atoms with Crippen LogP contribution in [0.2, 0.25) is 0 Å². The molecule has 2 aromatic rings. The van der Waals surface area contributed by atoms with Crippen molar-refractivity contribution in [3.05, 3.63) is 28.6 Å². The first-order chi connectivity index (χ1) is 7.80. The summed E-state index contributed by atoms with van der Waals surface area (Å²) in [6, 6.07) is 4.98. The molecule has 0 unspecified atom stereocenters. The molecule has 0 saturated carbocycles. The Bertz CT molecular complexity index is 719. The van der Waals surface area contributed by atoms with Crippen LogP contribution in [0.15, 0.2) is 23.1 Å². The van der Waals surface area contributed by atoms with Crippen LogP contribution >= 0.6 is 35.3 Å². The predicted octanol–water partition coefficient (Wildman–Crippen LogP) is 3.26. The van der Waals surface area contributed by atoms with Gasteiger partial charge in [-0.2, -0.15) is 8.42 Å². The molecule has 1 N–H and O–H groups in total. The van der Waals surface area contributed by atoms with Gasteiger partial charge in [0.15, 0.2) is 0 Å². The van der Waals surface area contributed by atoms with E-state index in [1.165, 1.54) is 0 Å². The molecule has 8 heteroatoms. The lowest BCUT2D eigenvalue weighted by atomic mass is 10.2. The summed E-state index contributed by atoms with van der Waals surface area (Å²) in [5.74, 6) is 0. The Balaban J connectivity index is 0.00000162. The molecule has 0 fully saturated rings. The number of carbonyl (C=O) groups excluding carboxylic acids is 1. The number of fused-ring (bicyclic) bond motifs is 1. The van der Waals surface area contributed by atoms with E-state index in [0.29, 0.717) is 10.1 Å². The molecule has 0 atom stereocenters. The van der Waals surface area contributed by atoms with E-state index in [9.17, 15) is 13.2 Å². The fraction of sp³-hybridized carbons (Fsp3) is 0.100. The summed E-state index contributed by atoms with van der Waals surface area (Å²) in [5.41, 5.74) is 0.925. The van der Waals surface area contributed by atoms with Gasteiger partial charge < -0.3 is 0 Å². The molecule has 2 rings (SSSR count). The van der Waals surface area contributed by atoms with Gasteiger partial charge in [0.05, 0.1) is 0 Å². The molecular weight excluding hydrogens is 319 g/mol. The molecule has 0 aliphatic heterocycles. The average molecular weight is 327 g/mol. The van der Waals surface area contributed by atoms with Gasteiger partial charge in [0.1, 0.15) is 9.77 Å². The maximum absolute atomic E-state index is 11.3. The van der Waals surface area contributed by atoms with Gasteiger partial charge in [-0.1, -0.05) is 12.1 Å². The molecular formula is C10H8Cl2O4S2. The fourth-order valence-electron chi connectivity index (χ4n) is 1.57. The van der Waals surface area contributed by atoms with E-state index in [1.807, 2.05) is 6.92 Å². The molecule has 0 amide bonds. The van der Waals surface area contributed by atoms with Gasteiger partial charge >= 0.3 is 0 Å². The minimum atomic E-state index is -4.47. The molecule has 0 saturated heterocycles. The molecule has 18 heavy (non-hydrogen) atoms. The van der Waals surface area contributed by atoms with Gasteiger partial charge in [0.2, 0.25) is 0 Å². The Hall–Kier alpha value is -0.660. The standard InChI is InChI=1S/C10H7ClO4S2.ClH/c1-5-2-3-6-7(4-5)16-8(10(11)12)9(6)17(13,14)15;/h2-4H,1H3,(H,13,14,15);1H. The van der Waals surface area contributed by atoms with Crippen LogP contribution in [0, 0.1) is 6.92 Å². The quantitative estimate of drug-likeness (QED) is 0.679. The molecule has 0 aliphatic rings. The van der Waals surface area contributed by atoms with Crippen molar-refractivity contribution in [2.45, 2.75) is 11.8 Å². The summed E-state index contributed by atoms with van der Waals surface area (Å²) in [6.07, 6.45) is 0. The Morgan fingerprint density at radius 1 is 1.39 bits per heavy atom. The molecule has 98 valence electrons. The van der Waals surface area contributed by atoms with Gasteiger partial charge in [-0.15, -0.1) is 23.7 Å². The number of halogens is 2. The van der Waals surface area contributed by atoms with Crippen LogP contribution in [0.4, 0.5) is 0 Å². The molecule has 0 spiro atoms. The third-order valence-corrected chi connectivity index (χ3v) is 4.76. The highest BCUT2D eigenvalue weighted by atomic mass is 35.5. The summed E-state index contributed by atoms with van der Waals surface area (Å²) in [6.45, 7) is 1.84. The van der Waals surface area contributed by atoms with Crippen molar-refractivity contribution in [2.75, 3.05) is 0 Å². The third-order valence-electron chi connectivity index (χ3n) is 2.24. The summed E-state index contributed by atoms with van der Waals surface area (Å²) < 4.78 is 32.3. The van der Waals surface area contributed by atoms with E-state index in [1.54, 1.807) is 18.2 Å². The fourth-order valence-corrected chi connectivity index (χ4v) is 4.15. The lowest BCUT2D eigenvalue weighted by Crippen LogP contribution is -2.02. The number of benzene rings is 1. The SMILES string of the molecule is Cc1ccc2c(S(=O)(=O)O)c(C(=O)Cl)sc2c1.Cl. The normalized spacial score (nSPS) is 11.3. The lowest BCUT2D eigenvalue weighted by Gasteiger charge is -1.97. The summed E-state index contributed by atoms with van der Waals surface area (Å²) in [4.78, 5) is 10.6. The van der Waals surface area contributed by atoms with Crippen molar-refractivity contribution in [2.24, 2.45) is 0 Å². The van der Waals surface area contributed by atoms with Gasteiger partial charge in [0.25, 0.3) is 15.4 Å². The van der Waals surface area contributed by atoms with Crippen LogP contribution in [0.5, 0.6) is 0 Å². The van der Waals surface area contributed by atoms with Crippen LogP contribution in [-0.2, 0) is 10.1 Å². The van der Waals surface area contributed by atoms with Crippen molar-refractivity contribution in [3.63, 3.8) is 0 Å². The Kier molecular flexibility index (Phi) is 4.40. The van der Waals surface area contributed by atoms with E-state index in [2.05, 4.69) is 0 Å². The smallest absolute Gasteiger partial charge is 0.282 e. The average Bonchev–Trinajstić information content (AvgIpc) is 2.55. The van der Waals surface area contributed by atoms with Gasteiger partial charge in [-0.25, -0.2) is 0 Å². The molecule has 0 aliphatic carbocycles. The Morgan fingerprint density at radius 2 is 2.00 bits per heavy atom. The summed E-state index contributed by atoms with van der Waals surface area (Å²) in [5, 5.41) is -0.580. The molecule has 1 aromatic carbocycles. The monoisotopic (exact) mass is 326 g/mol. The summed E-state index contributed by atoms with van der Waals surface area (Å²) in [7, 11) is -4.47. The third kappa shape index (κ3) is 2.67. The lowest BCUT2D eigenvalue weighted by molar-refractivity contribution is 0.108. The first-order valence-electron chi connectivity index (χ1n) is 4.51. The van der Waals surface area contributed by atoms with Crippen molar-refractivity contribution in [3.8, 4) is 0 Å². The molecule has 0 bridgehead atoms. The van der Waals surface area contributed by atoms with Crippen LogP contribution in [0.25, 0.3) is 10.1 Å². The molecule has 4 nitrogen and oxygen atoms in total. The molecule has 1 aromatic heterocycles.